The molecule has 0 spiro atoms. The Balaban J connectivity index is 2.96. The largest absolute Gasteiger partial charge is 0.328 e. The summed E-state index contributed by atoms with van der Waals surface area (Å²) in [6.45, 7) is 2.47. The fourth-order valence-corrected chi connectivity index (χ4v) is 1.88. The summed E-state index contributed by atoms with van der Waals surface area (Å²) in [4.78, 5) is 14.9. The third-order valence-corrected chi connectivity index (χ3v) is 3.57. The van der Waals surface area contributed by atoms with Crippen molar-refractivity contribution in [1.82, 2.24) is 4.90 Å². The monoisotopic (exact) mass is 271 g/mol. The summed E-state index contributed by atoms with van der Waals surface area (Å²) in [6.07, 6.45) is 0. The molecule has 0 radical (unpaired) electrons. The number of hydrogen-bond donors (Lipinski definition) is 1. The van der Waals surface area contributed by atoms with Crippen LogP contribution in [0.3, 0.4) is 0 Å². The molecule has 0 saturated carbocycles. The number of nitrogens with zero attached hydrogens (tertiary/aromatic N) is 2. The highest BCUT2D eigenvalue weighted by molar-refractivity contribution is 7.89. The second kappa shape index (κ2) is 5.36. The van der Waals surface area contributed by atoms with Crippen molar-refractivity contribution >= 4 is 21.7 Å². The summed E-state index contributed by atoms with van der Waals surface area (Å²) in [7, 11) is -0.383. The summed E-state index contributed by atoms with van der Waals surface area (Å²) in [5.74, 6) is 0. The van der Waals surface area contributed by atoms with Crippen LogP contribution in [0.25, 0.3) is 0 Å². The van der Waals surface area contributed by atoms with Crippen molar-refractivity contribution in [2.24, 2.45) is 5.14 Å². The van der Waals surface area contributed by atoms with Crippen LogP contribution in [0.1, 0.15) is 6.92 Å². The van der Waals surface area contributed by atoms with Gasteiger partial charge in [-0.1, -0.05) is 0 Å². The van der Waals surface area contributed by atoms with Crippen LogP contribution in [0.15, 0.2) is 29.2 Å². The fourth-order valence-electron chi connectivity index (χ4n) is 1.36. The average Bonchev–Trinajstić information content (AvgIpc) is 2.35. The second-order valence-electron chi connectivity index (χ2n) is 3.89. The maximum atomic E-state index is 11.9. The van der Waals surface area contributed by atoms with Gasteiger partial charge in [-0.15, -0.1) is 0 Å². The number of rotatable bonds is 3. The number of carbonyl (C=O) groups is 1. The number of amides is 2. The normalized spacial score (nSPS) is 11.1. The van der Waals surface area contributed by atoms with Gasteiger partial charge in [0.25, 0.3) is 0 Å². The molecule has 0 aliphatic carbocycles. The maximum absolute atomic E-state index is 11.9. The lowest BCUT2D eigenvalue weighted by Gasteiger charge is -2.23. The molecule has 0 aliphatic heterocycles. The summed E-state index contributed by atoms with van der Waals surface area (Å²) >= 11 is 0. The first-order valence-electron chi connectivity index (χ1n) is 5.39. The van der Waals surface area contributed by atoms with Gasteiger partial charge in [0.1, 0.15) is 0 Å². The molecule has 7 heteroatoms. The molecule has 18 heavy (non-hydrogen) atoms. The molecular weight excluding hydrogens is 254 g/mol. The van der Waals surface area contributed by atoms with Crippen molar-refractivity contribution in [3.8, 4) is 0 Å². The van der Waals surface area contributed by atoms with Crippen molar-refractivity contribution in [3.05, 3.63) is 24.3 Å². The van der Waals surface area contributed by atoms with Gasteiger partial charge in [0, 0.05) is 26.3 Å². The first kappa shape index (κ1) is 14.5. The highest BCUT2D eigenvalue weighted by atomic mass is 32.2. The van der Waals surface area contributed by atoms with Crippen LogP contribution < -0.4 is 10.0 Å². The average molecular weight is 271 g/mol. The van der Waals surface area contributed by atoms with Gasteiger partial charge in [0.2, 0.25) is 10.0 Å². The Bertz CT molecular complexity index is 525. The minimum absolute atomic E-state index is 0.0240. The summed E-state index contributed by atoms with van der Waals surface area (Å²) in [5, 5.41) is 5.00. The number of urea groups is 1. The van der Waals surface area contributed by atoms with Gasteiger partial charge < -0.3 is 4.90 Å². The molecule has 6 nitrogen and oxygen atoms in total. The van der Waals surface area contributed by atoms with Gasteiger partial charge in [-0.2, -0.15) is 0 Å². The zero-order valence-corrected chi connectivity index (χ0v) is 11.4. The molecule has 0 fully saturated rings. The number of anilines is 1. The number of nitrogens with two attached hydrogens (primary N) is 1. The Morgan fingerprint density at radius 1 is 1.22 bits per heavy atom. The van der Waals surface area contributed by atoms with Gasteiger partial charge in [0.15, 0.2) is 0 Å². The van der Waals surface area contributed by atoms with E-state index in [1.54, 1.807) is 31.1 Å². The molecule has 0 aliphatic rings. The number of carbonyl (C=O) groups excluding carboxylic acids is 1. The fraction of sp³-hybridized carbons (Fsp3) is 0.364. The van der Waals surface area contributed by atoms with E-state index in [2.05, 4.69) is 0 Å². The van der Waals surface area contributed by atoms with Crippen LogP contribution in [-0.2, 0) is 10.0 Å². The zero-order valence-electron chi connectivity index (χ0n) is 10.6. The lowest BCUT2D eigenvalue weighted by atomic mass is 10.3. The van der Waals surface area contributed by atoms with Crippen LogP contribution >= 0.6 is 0 Å². The summed E-state index contributed by atoms with van der Waals surface area (Å²) in [6, 6.07) is 5.67. The maximum Gasteiger partial charge on any atom is 0.323 e. The quantitative estimate of drug-likeness (QED) is 0.884. The smallest absolute Gasteiger partial charge is 0.323 e. The molecule has 0 unspecified atom stereocenters. The molecule has 2 N–H and O–H groups in total. The third kappa shape index (κ3) is 3.21. The highest BCUT2D eigenvalue weighted by Gasteiger charge is 2.15. The molecule has 0 bridgehead atoms. The van der Waals surface area contributed by atoms with E-state index in [1.807, 2.05) is 6.92 Å². The first-order valence-corrected chi connectivity index (χ1v) is 6.93. The SMILES string of the molecule is CCN(C)C(=O)N(C)c1ccc(S(N)(=O)=O)cc1. The predicted molar refractivity (Wildman–Crippen MR) is 69.9 cm³/mol. The Hall–Kier alpha value is -1.60. The van der Waals surface area contributed by atoms with Gasteiger partial charge in [0.05, 0.1) is 4.90 Å². The molecule has 0 atom stereocenters. The predicted octanol–water partition coefficient (Wildman–Crippen LogP) is 0.842. The van der Waals surface area contributed by atoms with E-state index < -0.39 is 10.0 Å². The van der Waals surface area contributed by atoms with Crippen molar-refractivity contribution < 1.29 is 13.2 Å². The van der Waals surface area contributed by atoms with Crippen LogP contribution in [0.4, 0.5) is 10.5 Å². The number of benzene rings is 1. The number of primary sulfonamides is 1. The minimum atomic E-state index is -3.70. The van der Waals surface area contributed by atoms with Crippen molar-refractivity contribution in [2.75, 3.05) is 25.5 Å². The van der Waals surface area contributed by atoms with Gasteiger partial charge in [-0.3, -0.25) is 4.90 Å². The van der Waals surface area contributed by atoms with E-state index in [0.717, 1.165) is 0 Å². The molecule has 0 saturated heterocycles. The standard InChI is InChI=1S/C11H17N3O3S/c1-4-13(2)11(15)14(3)9-5-7-10(8-6-9)18(12,16)17/h5-8H,4H2,1-3H3,(H2,12,16,17). The van der Waals surface area contributed by atoms with Crippen molar-refractivity contribution in [2.45, 2.75) is 11.8 Å². The molecule has 100 valence electrons. The van der Waals surface area contributed by atoms with Crippen molar-refractivity contribution in [3.63, 3.8) is 0 Å². The van der Waals surface area contributed by atoms with E-state index in [1.165, 1.54) is 17.0 Å². The lowest BCUT2D eigenvalue weighted by Crippen LogP contribution is -2.38. The topological polar surface area (TPSA) is 83.7 Å². The van der Waals surface area contributed by atoms with E-state index >= 15 is 0 Å². The molecule has 0 aromatic heterocycles. The van der Waals surface area contributed by atoms with Crippen LogP contribution in [0.2, 0.25) is 0 Å². The zero-order chi connectivity index (χ0) is 13.9. The van der Waals surface area contributed by atoms with E-state index in [9.17, 15) is 13.2 Å². The third-order valence-electron chi connectivity index (χ3n) is 2.64. The molecule has 1 aromatic rings. The molecule has 2 amide bonds. The van der Waals surface area contributed by atoms with Crippen LogP contribution in [-0.4, -0.2) is 40.0 Å². The molecular formula is C11H17N3O3S. The summed E-state index contributed by atoms with van der Waals surface area (Å²) < 4.78 is 22.2. The Labute approximate surface area is 107 Å². The van der Waals surface area contributed by atoms with E-state index in [4.69, 9.17) is 5.14 Å². The molecule has 1 rings (SSSR count). The Kier molecular flexibility index (Phi) is 4.31. The number of sulfonamides is 1. The van der Waals surface area contributed by atoms with E-state index in [0.29, 0.717) is 12.2 Å². The number of hydrogen-bond acceptors (Lipinski definition) is 3. The van der Waals surface area contributed by atoms with Crippen LogP contribution in [0.5, 0.6) is 0 Å². The highest BCUT2D eigenvalue weighted by Crippen LogP contribution is 2.17. The lowest BCUT2D eigenvalue weighted by molar-refractivity contribution is 0.219. The first-order chi connectivity index (χ1) is 8.27. The van der Waals surface area contributed by atoms with Gasteiger partial charge in [-0.05, 0) is 31.2 Å². The van der Waals surface area contributed by atoms with Gasteiger partial charge in [-0.25, -0.2) is 18.4 Å². The summed E-state index contributed by atoms with van der Waals surface area (Å²) in [5.41, 5.74) is 0.604. The van der Waals surface area contributed by atoms with Crippen LogP contribution in [0, 0.1) is 0 Å². The Morgan fingerprint density at radius 3 is 2.11 bits per heavy atom. The minimum Gasteiger partial charge on any atom is -0.328 e. The second-order valence-corrected chi connectivity index (χ2v) is 5.46. The van der Waals surface area contributed by atoms with Gasteiger partial charge >= 0.3 is 6.03 Å². The molecule has 1 aromatic carbocycles. The van der Waals surface area contributed by atoms with E-state index in [-0.39, 0.29) is 10.9 Å². The molecule has 0 heterocycles. The van der Waals surface area contributed by atoms with Crippen molar-refractivity contribution in [1.29, 1.82) is 0 Å². The Morgan fingerprint density at radius 2 is 1.72 bits per heavy atom.